The average Bonchev–Trinajstić information content (AvgIpc) is 3.19. The summed E-state index contributed by atoms with van der Waals surface area (Å²) in [6.45, 7) is 2.65. The van der Waals surface area contributed by atoms with Crippen LogP contribution in [0.3, 0.4) is 0 Å². The predicted octanol–water partition coefficient (Wildman–Crippen LogP) is 3.86. The summed E-state index contributed by atoms with van der Waals surface area (Å²) in [7, 11) is 0. The van der Waals surface area contributed by atoms with Crippen molar-refractivity contribution in [3.63, 3.8) is 0 Å². The molecule has 1 saturated heterocycles. The molecule has 6 nitrogen and oxygen atoms in total. The number of halogens is 1. The van der Waals surface area contributed by atoms with Crippen molar-refractivity contribution in [3.05, 3.63) is 64.3 Å². The Morgan fingerprint density at radius 1 is 1.23 bits per heavy atom. The Balaban J connectivity index is 1.38. The van der Waals surface area contributed by atoms with Gasteiger partial charge in [0.25, 0.3) is 5.91 Å². The zero-order valence-electron chi connectivity index (χ0n) is 17.3. The number of para-hydroxylation sites is 1. The molecule has 0 radical (unpaired) electrons. The Morgan fingerprint density at radius 2 is 2.03 bits per heavy atom. The number of nitrogens with two attached hydrogens (primary N) is 1. The molecule has 1 spiro atoms. The number of nitrogens with one attached hydrogen (secondary N) is 1. The van der Waals surface area contributed by atoms with Gasteiger partial charge in [-0.25, -0.2) is 0 Å². The van der Waals surface area contributed by atoms with Crippen LogP contribution in [0.5, 0.6) is 5.75 Å². The second-order valence-corrected chi connectivity index (χ2v) is 8.62. The van der Waals surface area contributed by atoms with Crippen molar-refractivity contribution >= 4 is 28.4 Å². The van der Waals surface area contributed by atoms with E-state index in [1.807, 2.05) is 4.90 Å². The fraction of sp³-hybridized carbons (Fsp3) is 0.375. The lowest BCUT2D eigenvalue weighted by molar-refractivity contribution is -0.0957. The standard InChI is InChI=1S/C24H26ClN3O3/c25-16-5-6-21(30-14-10-26)19(15-16)23(29)28-11-8-24(9-12-28)22-18(7-13-31-24)17-3-1-2-4-20(17)27-22/h1-6,15,27H,7-14,26H2. The van der Waals surface area contributed by atoms with Crippen LogP contribution in [0.2, 0.25) is 5.02 Å². The number of nitrogens with zero attached hydrogens (tertiary/aromatic N) is 1. The van der Waals surface area contributed by atoms with E-state index in [1.165, 1.54) is 16.6 Å². The maximum atomic E-state index is 13.3. The van der Waals surface area contributed by atoms with Crippen molar-refractivity contribution < 1.29 is 14.3 Å². The molecule has 1 aromatic heterocycles. The van der Waals surface area contributed by atoms with Crippen molar-refractivity contribution in [1.82, 2.24) is 9.88 Å². The van der Waals surface area contributed by atoms with Crippen molar-refractivity contribution in [2.75, 3.05) is 32.8 Å². The minimum atomic E-state index is -0.364. The molecule has 0 unspecified atom stereocenters. The van der Waals surface area contributed by atoms with E-state index in [0.29, 0.717) is 49.2 Å². The average molecular weight is 440 g/mol. The predicted molar refractivity (Wildman–Crippen MR) is 121 cm³/mol. The van der Waals surface area contributed by atoms with Crippen LogP contribution >= 0.6 is 11.6 Å². The molecule has 31 heavy (non-hydrogen) atoms. The Kier molecular flexibility index (Phi) is 5.38. The maximum Gasteiger partial charge on any atom is 0.257 e. The normalized spacial score (nSPS) is 17.7. The minimum Gasteiger partial charge on any atom is -0.491 e. The lowest BCUT2D eigenvalue weighted by Crippen LogP contribution is -2.48. The third kappa shape index (κ3) is 3.59. The highest BCUT2D eigenvalue weighted by Gasteiger charge is 2.43. The maximum absolute atomic E-state index is 13.3. The van der Waals surface area contributed by atoms with Gasteiger partial charge in [0.2, 0.25) is 0 Å². The number of ether oxygens (including phenoxy) is 2. The molecule has 3 aromatic rings. The third-order valence-corrected chi connectivity index (χ3v) is 6.64. The number of fused-ring (bicyclic) bond motifs is 4. The van der Waals surface area contributed by atoms with E-state index in [0.717, 1.165) is 24.8 Å². The first kappa shape index (κ1) is 20.4. The number of likely N-dealkylation sites (tertiary alicyclic amines) is 1. The number of H-pyrrole nitrogens is 1. The van der Waals surface area contributed by atoms with Crippen LogP contribution in [0.4, 0.5) is 0 Å². The van der Waals surface area contributed by atoms with Crippen molar-refractivity contribution in [3.8, 4) is 5.75 Å². The summed E-state index contributed by atoms with van der Waals surface area (Å²) >= 11 is 6.17. The Bertz CT molecular complexity index is 1120. The Hall–Kier alpha value is -2.54. The molecule has 0 atom stereocenters. The number of carbonyl (C=O) groups is 1. The fourth-order valence-corrected chi connectivity index (χ4v) is 5.04. The first-order valence-corrected chi connectivity index (χ1v) is 11.1. The number of hydrogen-bond donors (Lipinski definition) is 2. The van der Waals surface area contributed by atoms with Crippen molar-refractivity contribution in [2.45, 2.75) is 24.9 Å². The first-order valence-electron chi connectivity index (χ1n) is 10.8. The van der Waals surface area contributed by atoms with Gasteiger partial charge in [0.15, 0.2) is 0 Å². The lowest BCUT2D eigenvalue weighted by Gasteiger charge is -2.43. The number of benzene rings is 2. The molecule has 2 aromatic carbocycles. The summed E-state index contributed by atoms with van der Waals surface area (Å²) in [5, 5.41) is 1.79. The third-order valence-electron chi connectivity index (χ3n) is 6.41. The molecular formula is C24H26ClN3O3. The molecule has 3 heterocycles. The molecule has 162 valence electrons. The van der Waals surface area contributed by atoms with E-state index >= 15 is 0 Å². The van der Waals surface area contributed by atoms with E-state index in [4.69, 9.17) is 26.8 Å². The van der Waals surface area contributed by atoms with Gasteiger partial charge in [-0.3, -0.25) is 4.79 Å². The molecule has 2 aliphatic rings. The Morgan fingerprint density at radius 3 is 2.84 bits per heavy atom. The van der Waals surface area contributed by atoms with Crippen LogP contribution in [0, 0.1) is 0 Å². The van der Waals surface area contributed by atoms with E-state index in [1.54, 1.807) is 18.2 Å². The molecule has 5 rings (SSSR count). The quantitative estimate of drug-likeness (QED) is 0.646. The molecular weight excluding hydrogens is 414 g/mol. The fourth-order valence-electron chi connectivity index (χ4n) is 4.87. The molecule has 1 amide bonds. The number of piperidine rings is 1. The number of amides is 1. The molecule has 1 fully saturated rings. The molecule has 0 saturated carbocycles. The van der Waals surface area contributed by atoms with Crippen LogP contribution < -0.4 is 10.5 Å². The number of carbonyl (C=O) groups excluding carboxylic acids is 1. The SMILES string of the molecule is NCCOc1ccc(Cl)cc1C(=O)N1CCC2(CC1)OCCc1c2[nH]c2ccccc12. The molecule has 3 N–H and O–H groups in total. The van der Waals surface area contributed by atoms with E-state index in [9.17, 15) is 4.79 Å². The van der Waals surface area contributed by atoms with Gasteiger partial charge in [0.05, 0.1) is 17.9 Å². The second kappa shape index (κ2) is 8.19. The summed E-state index contributed by atoms with van der Waals surface area (Å²) in [5.74, 6) is 0.448. The Labute approximate surface area is 186 Å². The highest BCUT2D eigenvalue weighted by Crippen LogP contribution is 2.43. The largest absolute Gasteiger partial charge is 0.491 e. The van der Waals surface area contributed by atoms with Gasteiger partial charge in [-0.2, -0.15) is 0 Å². The van der Waals surface area contributed by atoms with Crippen molar-refractivity contribution in [2.24, 2.45) is 5.73 Å². The van der Waals surface area contributed by atoms with Crippen LogP contribution in [0.25, 0.3) is 10.9 Å². The number of hydrogen-bond acceptors (Lipinski definition) is 4. The van der Waals surface area contributed by atoms with E-state index in [-0.39, 0.29) is 11.5 Å². The summed E-state index contributed by atoms with van der Waals surface area (Å²) in [4.78, 5) is 18.8. The van der Waals surface area contributed by atoms with Crippen LogP contribution in [0.1, 0.15) is 34.5 Å². The van der Waals surface area contributed by atoms with Crippen LogP contribution in [-0.2, 0) is 16.8 Å². The smallest absolute Gasteiger partial charge is 0.257 e. The highest BCUT2D eigenvalue weighted by molar-refractivity contribution is 6.31. The zero-order chi connectivity index (χ0) is 21.4. The highest BCUT2D eigenvalue weighted by atomic mass is 35.5. The van der Waals surface area contributed by atoms with Crippen LogP contribution in [-0.4, -0.2) is 48.6 Å². The van der Waals surface area contributed by atoms with Gasteiger partial charge < -0.3 is 25.1 Å². The summed E-state index contributed by atoms with van der Waals surface area (Å²) in [6, 6.07) is 13.5. The van der Waals surface area contributed by atoms with Gasteiger partial charge in [0, 0.05) is 35.6 Å². The molecule has 7 heteroatoms. The van der Waals surface area contributed by atoms with Gasteiger partial charge in [0.1, 0.15) is 18.0 Å². The van der Waals surface area contributed by atoms with Gasteiger partial charge >= 0.3 is 0 Å². The van der Waals surface area contributed by atoms with E-state index < -0.39 is 0 Å². The number of rotatable bonds is 4. The molecule has 0 aliphatic carbocycles. The second-order valence-electron chi connectivity index (χ2n) is 8.19. The summed E-state index contributed by atoms with van der Waals surface area (Å²) in [5.41, 5.74) is 9.36. The number of aromatic nitrogens is 1. The van der Waals surface area contributed by atoms with E-state index in [2.05, 4.69) is 29.2 Å². The summed E-state index contributed by atoms with van der Waals surface area (Å²) < 4.78 is 12.0. The first-order chi connectivity index (χ1) is 15.1. The minimum absolute atomic E-state index is 0.0722. The monoisotopic (exact) mass is 439 g/mol. The summed E-state index contributed by atoms with van der Waals surface area (Å²) in [6.07, 6.45) is 2.41. The number of aromatic amines is 1. The van der Waals surface area contributed by atoms with Crippen molar-refractivity contribution in [1.29, 1.82) is 0 Å². The van der Waals surface area contributed by atoms with Gasteiger partial charge in [-0.15, -0.1) is 0 Å². The van der Waals surface area contributed by atoms with Gasteiger partial charge in [-0.05, 0) is 49.1 Å². The molecule has 2 aliphatic heterocycles. The van der Waals surface area contributed by atoms with Crippen LogP contribution in [0.15, 0.2) is 42.5 Å². The van der Waals surface area contributed by atoms with Gasteiger partial charge in [-0.1, -0.05) is 29.8 Å². The lowest BCUT2D eigenvalue weighted by atomic mass is 9.83. The topological polar surface area (TPSA) is 80.6 Å². The molecule has 0 bridgehead atoms. The zero-order valence-corrected chi connectivity index (χ0v) is 18.1.